The van der Waals surface area contributed by atoms with E-state index in [-0.39, 0.29) is 0 Å². The van der Waals surface area contributed by atoms with Crippen molar-refractivity contribution in [3.63, 3.8) is 0 Å². The molecule has 0 saturated heterocycles. The van der Waals surface area contributed by atoms with Crippen LogP contribution >= 0.6 is 0 Å². The second kappa shape index (κ2) is 14.1. The van der Waals surface area contributed by atoms with Crippen molar-refractivity contribution in [2.75, 3.05) is 0 Å². The lowest BCUT2D eigenvalue weighted by Gasteiger charge is -2.26. The summed E-state index contributed by atoms with van der Waals surface area (Å²) in [7, 11) is 0. The first-order chi connectivity index (χ1) is 10.9. The molecule has 0 aromatic rings. The molecule has 0 fully saturated rings. The summed E-state index contributed by atoms with van der Waals surface area (Å²) in [6.07, 6.45) is 17.2. The van der Waals surface area contributed by atoms with Gasteiger partial charge < -0.3 is 0 Å². The van der Waals surface area contributed by atoms with Gasteiger partial charge in [-0.25, -0.2) is 0 Å². The zero-order valence-corrected chi connectivity index (χ0v) is 17.4. The Morgan fingerprint density at radius 3 is 1.96 bits per heavy atom. The molecular weight excluding hydrogens is 276 g/mol. The summed E-state index contributed by atoms with van der Waals surface area (Å²) in [6.45, 7) is 16.5. The predicted octanol–water partition coefficient (Wildman–Crippen LogP) is 8.27. The molecule has 0 rings (SSSR count). The van der Waals surface area contributed by atoms with Crippen molar-refractivity contribution in [1.29, 1.82) is 0 Å². The fourth-order valence-corrected chi connectivity index (χ4v) is 3.65. The lowest BCUT2D eigenvalue weighted by atomic mass is 9.79. The molecule has 0 aromatic carbocycles. The molecule has 138 valence electrons. The predicted molar refractivity (Wildman–Crippen MR) is 108 cm³/mol. The maximum atomic E-state index is 2.42. The molecule has 0 radical (unpaired) electrons. The Hall–Kier alpha value is -0.260. The average molecular weight is 323 g/mol. The highest BCUT2D eigenvalue weighted by Crippen LogP contribution is 2.31. The van der Waals surface area contributed by atoms with Crippen molar-refractivity contribution >= 4 is 0 Å². The van der Waals surface area contributed by atoms with Crippen LogP contribution in [0.5, 0.6) is 0 Å². The molecule has 0 amide bonds. The van der Waals surface area contributed by atoms with Gasteiger partial charge >= 0.3 is 0 Å². The third-order valence-corrected chi connectivity index (χ3v) is 5.88. The van der Waals surface area contributed by atoms with E-state index in [0.717, 1.165) is 29.6 Å². The van der Waals surface area contributed by atoms with Gasteiger partial charge in [0.15, 0.2) is 0 Å². The first kappa shape index (κ1) is 22.7. The number of hydrogen-bond acceptors (Lipinski definition) is 0. The fraction of sp³-hybridized carbons (Fsp3) is 0.913. The quantitative estimate of drug-likeness (QED) is 0.223. The van der Waals surface area contributed by atoms with E-state index >= 15 is 0 Å². The van der Waals surface area contributed by atoms with Gasteiger partial charge in [0, 0.05) is 0 Å². The van der Waals surface area contributed by atoms with Crippen molar-refractivity contribution in [2.24, 2.45) is 29.6 Å². The Kier molecular flexibility index (Phi) is 14.0. The van der Waals surface area contributed by atoms with Gasteiger partial charge in [-0.2, -0.15) is 0 Å². The van der Waals surface area contributed by atoms with E-state index in [0.29, 0.717) is 0 Å². The van der Waals surface area contributed by atoms with Crippen molar-refractivity contribution < 1.29 is 0 Å². The van der Waals surface area contributed by atoms with Crippen molar-refractivity contribution in [2.45, 2.75) is 106 Å². The van der Waals surface area contributed by atoms with E-state index < -0.39 is 0 Å². The first-order valence-electron chi connectivity index (χ1n) is 10.5. The molecule has 0 aliphatic heterocycles. The Bertz CT molecular complexity index is 274. The highest BCUT2D eigenvalue weighted by molar-refractivity contribution is 4.79. The highest BCUT2D eigenvalue weighted by atomic mass is 14.2. The summed E-state index contributed by atoms with van der Waals surface area (Å²) < 4.78 is 0. The number of unbranched alkanes of at least 4 members (excludes halogenated alkanes) is 1. The van der Waals surface area contributed by atoms with Gasteiger partial charge in [0.25, 0.3) is 0 Å². The van der Waals surface area contributed by atoms with Crippen LogP contribution in [0.4, 0.5) is 0 Å². The van der Waals surface area contributed by atoms with Crippen molar-refractivity contribution in [3.8, 4) is 0 Å². The van der Waals surface area contributed by atoms with Gasteiger partial charge in [-0.05, 0) is 55.8 Å². The number of hydrogen-bond donors (Lipinski definition) is 0. The minimum absolute atomic E-state index is 0.834. The van der Waals surface area contributed by atoms with E-state index in [1.54, 1.807) is 0 Å². The van der Waals surface area contributed by atoms with Crippen LogP contribution in [0, 0.1) is 29.6 Å². The van der Waals surface area contributed by atoms with Gasteiger partial charge in [0.05, 0.1) is 0 Å². The topological polar surface area (TPSA) is 0 Å². The summed E-state index contributed by atoms with van der Waals surface area (Å²) in [5, 5.41) is 0. The van der Waals surface area contributed by atoms with E-state index in [9.17, 15) is 0 Å². The van der Waals surface area contributed by atoms with Crippen molar-refractivity contribution in [1.82, 2.24) is 0 Å². The molecular formula is C23H46. The monoisotopic (exact) mass is 322 g/mol. The maximum Gasteiger partial charge on any atom is -0.0348 e. The average Bonchev–Trinajstić information content (AvgIpc) is 2.49. The molecule has 0 heterocycles. The van der Waals surface area contributed by atoms with Crippen LogP contribution < -0.4 is 0 Å². The fourth-order valence-electron chi connectivity index (χ4n) is 3.65. The van der Waals surface area contributed by atoms with Gasteiger partial charge in [-0.1, -0.05) is 92.2 Å². The Balaban J connectivity index is 4.24. The molecule has 23 heavy (non-hydrogen) atoms. The van der Waals surface area contributed by atoms with Crippen LogP contribution in [-0.4, -0.2) is 0 Å². The minimum Gasteiger partial charge on any atom is -0.0917 e. The molecule has 0 aliphatic carbocycles. The first-order valence-corrected chi connectivity index (χ1v) is 10.5. The lowest BCUT2D eigenvalue weighted by Crippen LogP contribution is -2.15. The Labute approximate surface area is 148 Å². The summed E-state index contributed by atoms with van der Waals surface area (Å²) in [5.41, 5.74) is 0. The van der Waals surface area contributed by atoms with Crippen LogP contribution in [-0.2, 0) is 0 Å². The standard InChI is InChI=1S/C23H46/c1-8-10-11-17-23(20(5)6)18-22(14-9-2)16-13-12-15-21(7)19(3)4/h8,10,19-23H,9,11-18H2,1-7H3. The molecule has 0 aliphatic rings. The van der Waals surface area contributed by atoms with Crippen LogP contribution in [0.15, 0.2) is 12.2 Å². The van der Waals surface area contributed by atoms with Crippen LogP contribution in [0.1, 0.15) is 106 Å². The number of rotatable bonds is 14. The normalized spacial score (nSPS) is 16.4. The third-order valence-electron chi connectivity index (χ3n) is 5.88. The van der Waals surface area contributed by atoms with Crippen LogP contribution in [0.25, 0.3) is 0 Å². The third kappa shape index (κ3) is 11.8. The molecule has 0 N–H and O–H groups in total. The Morgan fingerprint density at radius 2 is 1.43 bits per heavy atom. The van der Waals surface area contributed by atoms with Gasteiger partial charge in [-0.15, -0.1) is 0 Å². The van der Waals surface area contributed by atoms with E-state index in [4.69, 9.17) is 0 Å². The zero-order chi connectivity index (χ0) is 17.7. The molecule has 0 heteroatoms. The summed E-state index contributed by atoms with van der Waals surface area (Å²) >= 11 is 0. The van der Waals surface area contributed by atoms with E-state index in [1.165, 1.54) is 57.8 Å². The van der Waals surface area contributed by atoms with Gasteiger partial charge in [0.2, 0.25) is 0 Å². The van der Waals surface area contributed by atoms with Gasteiger partial charge in [0.1, 0.15) is 0 Å². The second-order valence-electron chi connectivity index (χ2n) is 8.55. The molecule has 0 nitrogen and oxygen atoms in total. The molecule has 0 saturated carbocycles. The SMILES string of the molecule is CC=CCCC(CC(CCC)CCCCC(C)C(C)C)C(C)C. The molecule has 3 atom stereocenters. The lowest BCUT2D eigenvalue weighted by molar-refractivity contribution is 0.255. The summed E-state index contributed by atoms with van der Waals surface area (Å²) in [4.78, 5) is 0. The zero-order valence-electron chi connectivity index (χ0n) is 17.4. The molecule has 0 bridgehead atoms. The van der Waals surface area contributed by atoms with E-state index in [1.807, 2.05) is 0 Å². The maximum absolute atomic E-state index is 2.42. The Morgan fingerprint density at radius 1 is 0.783 bits per heavy atom. The van der Waals surface area contributed by atoms with Crippen LogP contribution in [0.2, 0.25) is 0 Å². The molecule has 3 unspecified atom stereocenters. The van der Waals surface area contributed by atoms with Crippen LogP contribution in [0.3, 0.4) is 0 Å². The molecule has 0 aromatic heterocycles. The second-order valence-corrected chi connectivity index (χ2v) is 8.55. The van der Waals surface area contributed by atoms with E-state index in [2.05, 4.69) is 60.6 Å². The smallest absolute Gasteiger partial charge is 0.0348 e. The van der Waals surface area contributed by atoms with Crippen molar-refractivity contribution in [3.05, 3.63) is 12.2 Å². The summed E-state index contributed by atoms with van der Waals surface area (Å²) in [5.74, 6) is 4.45. The van der Waals surface area contributed by atoms with Gasteiger partial charge in [-0.3, -0.25) is 0 Å². The minimum atomic E-state index is 0.834. The number of allylic oxidation sites excluding steroid dienone is 2. The molecule has 0 spiro atoms. The largest absolute Gasteiger partial charge is 0.0917 e. The highest BCUT2D eigenvalue weighted by Gasteiger charge is 2.18. The summed E-state index contributed by atoms with van der Waals surface area (Å²) in [6, 6.07) is 0.